The van der Waals surface area contributed by atoms with Crippen molar-refractivity contribution in [1.29, 1.82) is 5.26 Å². The molecule has 2 nitrogen and oxygen atoms in total. The van der Waals surface area contributed by atoms with Gasteiger partial charge in [0, 0.05) is 0 Å². The molecule has 0 atom stereocenters. The molecule has 0 aromatic heterocycles. The maximum atomic E-state index is 8.81. The van der Waals surface area contributed by atoms with Crippen LogP contribution in [0.5, 0.6) is 0 Å². The number of aryl methyl sites for hydroxylation is 2. The summed E-state index contributed by atoms with van der Waals surface area (Å²) in [5.41, 5.74) is 9.15. The normalized spacial score (nSPS) is 9.62. The van der Waals surface area contributed by atoms with Gasteiger partial charge in [-0.2, -0.15) is 5.26 Å². The highest BCUT2D eigenvalue weighted by Crippen LogP contribution is 2.19. The van der Waals surface area contributed by atoms with Gasteiger partial charge in [-0.15, -0.1) is 0 Å². The van der Waals surface area contributed by atoms with Crippen LogP contribution in [0, 0.1) is 18.3 Å². The van der Waals surface area contributed by atoms with Crippen LogP contribution in [0.15, 0.2) is 12.1 Å². The van der Waals surface area contributed by atoms with Crippen molar-refractivity contribution in [1.82, 2.24) is 0 Å². The third-order valence-corrected chi connectivity index (χ3v) is 2.11. The fourth-order valence-electron chi connectivity index (χ4n) is 1.40. The van der Waals surface area contributed by atoms with Gasteiger partial charge in [0.15, 0.2) is 0 Å². The molecule has 0 fully saturated rings. The number of nitrogens with zero attached hydrogens (tertiary/aromatic N) is 1. The lowest BCUT2D eigenvalue weighted by molar-refractivity contribution is 0.920. The van der Waals surface area contributed by atoms with Crippen molar-refractivity contribution in [3.05, 3.63) is 28.8 Å². The van der Waals surface area contributed by atoms with Crippen molar-refractivity contribution in [2.45, 2.75) is 26.7 Å². The summed E-state index contributed by atoms with van der Waals surface area (Å²) < 4.78 is 0. The van der Waals surface area contributed by atoms with Crippen molar-refractivity contribution in [2.24, 2.45) is 0 Å². The van der Waals surface area contributed by atoms with Crippen LogP contribution in [0.3, 0.4) is 0 Å². The molecule has 1 rings (SSSR count). The third-order valence-electron chi connectivity index (χ3n) is 2.11. The van der Waals surface area contributed by atoms with E-state index in [1.165, 1.54) is 5.56 Å². The summed E-state index contributed by atoms with van der Waals surface area (Å²) in [6, 6.07) is 6.05. The standard InChI is InChI=1S/C11H14N2/c1-3-4-9-5-8(2)11(13)10(6-9)7-12/h5-6H,3-4,13H2,1-2H3. The van der Waals surface area contributed by atoms with E-state index in [-0.39, 0.29) is 0 Å². The Morgan fingerprint density at radius 1 is 1.46 bits per heavy atom. The zero-order chi connectivity index (χ0) is 9.84. The zero-order valence-electron chi connectivity index (χ0n) is 8.09. The maximum absolute atomic E-state index is 8.81. The summed E-state index contributed by atoms with van der Waals surface area (Å²) >= 11 is 0. The van der Waals surface area contributed by atoms with Gasteiger partial charge in [-0.25, -0.2) is 0 Å². The van der Waals surface area contributed by atoms with E-state index < -0.39 is 0 Å². The topological polar surface area (TPSA) is 49.8 Å². The Hall–Kier alpha value is -1.49. The lowest BCUT2D eigenvalue weighted by Crippen LogP contribution is -1.96. The van der Waals surface area contributed by atoms with E-state index >= 15 is 0 Å². The zero-order valence-corrected chi connectivity index (χ0v) is 8.09. The number of anilines is 1. The molecule has 0 aliphatic heterocycles. The Balaban J connectivity index is 3.16. The number of hydrogen-bond acceptors (Lipinski definition) is 2. The number of hydrogen-bond donors (Lipinski definition) is 1. The Morgan fingerprint density at radius 2 is 2.15 bits per heavy atom. The average molecular weight is 174 g/mol. The molecule has 0 saturated heterocycles. The third kappa shape index (κ3) is 2.00. The molecule has 1 aromatic carbocycles. The molecule has 0 radical (unpaired) electrons. The van der Waals surface area contributed by atoms with E-state index in [9.17, 15) is 0 Å². The Bertz CT molecular complexity index is 348. The predicted molar refractivity (Wildman–Crippen MR) is 54.3 cm³/mol. The number of rotatable bonds is 2. The van der Waals surface area contributed by atoms with Crippen LogP contribution in [-0.2, 0) is 6.42 Å². The van der Waals surface area contributed by atoms with E-state index in [0.29, 0.717) is 11.3 Å². The predicted octanol–water partition coefficient (Wildman–Crippen LogP) is 2.40. The molecular formula is C11H14N2. The number of nitriles is 1. The monoisotopic (exact) mass is 174 g/mol. The van der Waals surface area contributed by atoms with E-state index in [1.807, 2.05) is 13.0 Å². The van der Waals surface area contributed by atoms with Crippen molar-refractivity contribution >= 4 is 5.69 Å². The highest BCUT2D eigenvalue weighted by Gasteiger charge is 2.03. The lowest BCUT2D eigenvalue weighted by atomic mass is 10.0. The van der Waals surface area contributed by atoms with Crippen LogP contribution in [-0.4, -0.2) is 0 Å². The molecule has 0 amide bonds. The van der Waals surface area contributed by atoms with Crippen LogP contribution in [0.25, 0.3) is 0 Å². The smallest absolute Gasteiger partial charge is 0.101 e. The first-order valence-corrected chi connectivity index (χ1v) is 4.48. The summed E-state index contributed by atoms with van der Waals surface area (Å²) in [5, 5.41) is 8.81. The van der Waals surface area contributed by atoms with E-state index in [1.54, 1.807) is 0 Å². The molecule has 2 heteroatoms. The van der Waals surface area contributed by atoms with Gasteiger partial charge >= 0.3 is 0 Å². The first-order valence-electron chi connectivity index (χ1n) is 4.48. The van der Waals surface area contributed by atoms with E-state index in [4.69, 9.17) is 11.0 Å². The molecule has 68 valence electrons. The van der Waals surface area contributed by atoms with Crippen LogP contribution >= 0.6 is 0 Å². The molecule has 1 aromatic rings. The quantitative estimate of drug-likeness (QED) is 0.700. The minimum Gasteiger partial charge on any atom is -0.397 e. The molecule has 0 saturated carbocycles. The van der Waals surface area contributed by atoms with Crippen LogP contribution < -0.4 is 5.73 Å². The first kappa shape index (κ1) is 9.60. The molecular weight excluding hydrogens is 160 g/mol. The summed E-state index contributed by atoms with van der Waals surface area (Å²) in [7, 11) is 0. The Labute approximate surface area is 79.0 Å². The molecule has 13 heavy (non-hydrogen) atoms. The van der Waals surface area contributed by atoms with Crippen LogP contribution in [0.4, 0.5) is 5.69 Å². The van der Waals surface area contributed by atoms with Gasteiger partial charge in [-0.1, -0.05) is 19.4 Å². The highest BCUT2D eigenvalue weighted by atomic mass is 14.6. The minimum atomic E-state index is 0.600. The molecule has 0 aliphatic rings. The summed E-state index contributed by atoms with van der Waals surface area (Å²) in [6.45, 7) is 4.06. The lowest BCUT2D eigenvalue weighted by Gasteiger charge is -2.05. The van der Waals surface area contributed by atoms with Gasteiger partial charge in [-0.3, -0.25) is 0 Å². The van der Waals surface area contributed by atoms with Crippen molar-refractivity contribution in [2.75, 3.05) is 5.73 Å². The van der Waals surface area contributed by atoms with Crippen LogP contribution in [0.1, 0.15) is 30.0 Å². The second kappa shape index (κ2) is 3.95. The van der Waals surface area contributed by atoms with Crippen molar-refractivity contribution < 1.29 is 0 Å². The molecule has 0 unspecified atom stereocenters. The molecule has 0 aliphatic carbocycles. The Kier molecular flexibility index (Phi) is 2.92. The van der Waals surface area contributed by atoms with Gasteiger partial charge in [-0.05, 0) is 30.5 Å². The molecule has 2 N–H and O–H groups in total. The minimum absolute atomic E-state index is 0.600. The van der Waals surface area contributed by atoms with Crippen LogP contribution in [0.2, 0.25) is 0 Å². The molecule has 0 spiro atoms. The fourth-order valence-corrected chi connectivity index (χ4v) is 1.40. The molecule has 0 bridgehead atoms. The van der Waals surface area contributed by atoms with Crippen molar-refractivity contribution in [3.8, 4) is 6.07 Å². The first-order chi connectivity index (χ1) is 6.19. The average Bonchev–Trinajstić information content (AvgIpc) is 2.11. The summed E-state index contributed by atoms with van der Waals surface area (Å²) in [6.07, 6.45) is 2.10. The highest BCUT2D eigenvalue weighted by molar-refractivity contribution is 5.60. The second-order valence-corrected chi connectivity index (χ2v) is 3.24. The van der Waals surface area contributed by atoms with Crippen molar-refractivity contribution in [3.63, 3.8) is 0 Å². The number of nitrogens with two attached hydrogens (primary N) is 1. The SMILES string of the molecule is CCCc1cc(C)c(N)c(C#N)c1. The number of nitrogen functional groups attached to an aromatic ring is 1. The van der Waals surface area contributed by atoms with Gasteiger partial charge in [0.1, 0.15) is 6.07 Å². The van der Waals surface area contributed by atoms with Gasteiger partial charge < -0.3 is 5.73 Å². The Morgan fingerprint density at radius 3 is 2.69 bits per heavy atom. The summed E-state index contributed by atoms with van der Waals surface area (Å²) in [5.74, 6) is 0. The maximum Gasteiger partial charge on any atom is 0.101 e. The van der Waals surface area contributed by atoms with Gasteiger partial charge in [0.25, 0.3) is 0 Å². The largest absolute Gasteiger partial charge is 0.397 e. The summed E-state index contributed by atoms with van der Waals surface area (Å²) in [4.78, 5) is 0. The fraction of sp³-hybridized carbons (Fsp3) is 0.364. The van der Waals surface area contributed by atoms with Gasteiger partial charge in [0.2, 0.25) is 0 Å². The number of benzene rings is 1. The van der Waals surface area contributed by atoms with E-state index in [0.717, 1.165) is 18.4 Å². The van der Waals surface area contributed by atoms with E-state index in [2.05, 4.69) is 19.1 Å². The second-order valence-electron chi connectivity index (χ2n) is 3.24. The molecule has 0 heterocycles. The van der Waals surface area contributed by atoms with Gasteiger partial charge in [0.05, 0.1) is 11.3 Å².